The molecule has 1 N–H and O–H groups in total. The lowest BCUT2D eigenvalue weighted by Crippen LogP contribution is -2.49. The molecular formula is C15H15N3O4. The molecule has 2 aromatic heterocycles. The van der Waals surface area contributed by atoms with Gasteiger partial charge in [0.15, 0.2) is 0 Å². The standard InChI is InChI=1S/C15H15N3O4/c19-13(17-7-3-1-5-11(17)15(21)22)10-9-16-12-6-2-4-8-18(12)14(10)20/h2,4,6,8-9,11H,1,3,5,7H2,(H,21,22)/t11-/m1/s1. The predicted octanol–water partition coefficient (Wildman–Crippen LogP) is 0.774. The quantitative estimate of drug-likeness (QED) is 0.884. The predicted molar refractivity (Wildman–Crippen MR) is 77.8 cm³/mol. The van der Waals surface area contributed by atoms with Gasteiger partial charge in [-0.2, -0.15) is 0 Å². The van der Waals surface area contributed by atoms with Crippen LogP contribution in [-0.4, -0.2) is 43.9 Å². The minimum absolute atomic E-state index is 0.100. The summed E-state index contributed by atoms with van der Waals surface area (Å²) in [5.74, 6) is -1.61. The Morgan fingerprint density at radius 1 is 1.27 bits per heavy atom. The molecule has 0 radical (unpaired) electrons. The fourth-order valence-corrected chi connectivity index (χ4v) is 2.76. The van der Waals surface area contributed by atoms with Crippen LogP contribution in [0.5, 0.6) is 0 Å². The Morgan fingerprint density at radius 2 is 2.09 bits per heavy atom. The van der Waals surface area contributed by atoms with Gasteiger partial charge in [0.2, 0.25) is 0 Å². The van der Waals surface area contributed by atoms with Crippen LogP contribution in [0.4, 0.5) is 0 Å². The summed E-state index contributed by atoms with van der Waals surface area (Å²) in [4.78, 5) is 41.7. The van der Waals surface area contributed by atoms with E-state index in [4.69, 9.17) is 0 Å². The molecule has 1 atom stereocenters. The number of rotatable bonds is 2. The highest BCUT2D eigenvalue weighted by molar-refractivity contribution is 5.96. The number of amides is 1. The second-order valence-electron chi connectivity index (χ2n) is 5.25. The Morgan fingerprint density at radius 3 is 2.86 bits per heavy atom. The van der Waals surface area contributed by atoms with Gasteiger partial charge in [-0.3, -0.25) is 14.0 Å². The maximum Gasteiger partial charge on any atom is 0.326 e. The monoisotopic (exact) mass is 301 g/mol. The van der Waals surface area contributed by atoms with Crippen molar-refractivity contribution in [3.8, 4) is 0 Å². The number of aliphatic carboxylic acids is 1. The lowest BCUT2D eigenvalue weighted by atomic mass is 10.0. The van der Waals surface area contributed by atoms with Crippen LogP contribution in [0, 0.1) is 0 Å². The number of piperidine rings is 1. The largest absolute Gasteiger partial charge is 0.480 e. The summed E-state index contributed by atoms with van der Waals surface area (Å²) in [6, 6.07) is 4.20. The number of aromatic nitrogens is 2. The van der Waals surface area contributed by atoms with Gasteiger partial charge >= 0.3 is 5.97 Å². The Kier molecular flexibility index (Phi) is 3.62. The summed E-state index contributed by atoms with van der Waals surface area (Å²) >= 11 is 0. The van der Waals surface area contributed by atoms with Crippen LogP contribution in [0.1, 0.15) is 29.6 Å². The summed E-state index contributed by atoms with van der Waals surface area (Å²) < 4.78 is 1.28. The number of hydrogen-bond acceptors (Lipinski definition) is 4. The maximum absolute atomic E-state index is 12.6. The first-order valence-electron chi connectivity index (χ1n) is 7.10. The zero-order valence-electron chi connectivity index (χ0n) is 11.8. The smallest absolute Gasteiger partial charge is 0.326 e. The number of nitrogens with zero attached hydrogens (tertiary/aromatic N) is 3. The van der Waals surface area contributed by atoms with Crippen molar-refractivity contribution in [1.29, 1.82) is 0 Å². The van der Waals surface area contributed by atoms with Gasteiger partial charge < -0.3 is 10.0 Å². The fraction of sp³-hybridized carbons (Fsp3) is 0.333. The van der Waals surface area contributed by atoms with Crippen molar-refractivity contribution in [2.75, 3.05) is 6.54 Å². The van der Waals surface area contributed by atoms with Crippen molar-refractivity contribution in [2.24, 2.45) is 0 Å². The van der Waals surface area contributed by atoms with Gasteiger partial charge in [0.1, 0.15) is 17.3 Å². The van der Waals surface area contributed by atoms with Gasteiger partial charge in [0.25, 0.3) is 11.5 Å². The van der Waals surface area contributed by atoms with Crippen LogP contribution < -0.4 is 5.56 Å². The van der Waals surface area contributed by atoms with Crippen molar-refractivity contribution in [2.45, 2.75) is 25.3 Å². The first-order chi connectivity index (χ1) is 10.6. The first kappa shape index (κ1) is 14.2. The molecular weight excluding hydrogens is 286 g/mol. The third kappa shape index (κ3) is 2.34. The average molecular weight is 301 g/mol. The zero-order valence-corrected chi connectivity index (χ0v) is 11.8. The van der Waals surface area contributed by atoms with Gasteiger partial charge in [0.05, 0.1) is 0 Å². The fourth-order valence-electron chi connectivity index (χ4n) is 2.76. The molecule has 2 aromatic rings. The minimum Gasteiger partial charge on any atom is -0.480 e. The molecule has 0 unspecified atom stereocenters. The summed E-state index contributed by atoms with van der Waals surface area (Å²) in [5, 5.41) is 9.25. The molecule has 0 bridgehead atoms. The summed E-state index contributed by atoms with van der Waals surface area (Å²) in [7, 11) is 0. The van der Waals surface area contributed by atoms with Gasteiger partial charge in [-0.1, -0.05) is 6.07 Å². The highest BCUT2D eigenvalue weighted by Gasteiger charge is 2.33. The second kappa shape index (κ2) is 5.59. The Bertz CT molecular complexity index is 799. The van der Waals surface area contributed by atoms with Crippen LogP contribution >= 0.6 is 0 Å². The van der Waals surface area contributed by atoms with Crippen LogP contribution in [-0.2, 0) is 4.79 Å². The second-order valence-corrected chi connectivity index (χ2v) is 5.25. The number of fused-ring (bicyclic) bond motifs is 1. The van der Waals surface area contributed by atoms with Gasteiger partial charge in [-0.05, 0) is 31.4 Å². The van der Waals surface area contributed by atoms with Crippen molar-refractivity contribution < 1.29 is 14.7 Å². The molecule has 0 spiro atoms. The minimum atomic E-state index is -1.04. The van der Waals surface area contributed by atoms with E-state index in [1.54, 1.807) is 18.2 Å². The van der Waals surface area contributed by atoms with Crippen LogP contribution in [0.25, 0.3) is 5.65 Å². The van der Waals surface area contributed by atoms with E-state index in [0.717, 1.165) is 12.8 Å². The number of likely N-dealkylation sites (tertiary alicyclic amines) is 1. The van der Waals surface area contributed by atoms with Gasteiger partial charge in [-0.25, -0.2) is 9.78 Å². The molecule has 0 aromatic carbocycles. The highest BCUT2D eigenvalue weighted by Crippen LogP contribution is 2.19. The number of hydrogen-bond donors (Lipinski definition) is 1. The number of carboxylic acid groups (broad SMARTS) is 1. The lowest BCUT2D eigenvalue weighted by Gasteiger charge is -2.32. The van der Waals surface area contributed by atoms with E-state index in [0.29, 0.717) is 18.6 Å². The average Bonchev–Trinajstić information content (AvgIpc) is 2.55. The molecule has 1 fully saturated rings. The molecule has 3 rings (SSSR count). The van der Waals surface area contributed by atoms with Crippen molar-refractivity contribution >= 4 is 17.5 Å². The Hall–Kier alpha value is -2.70. The Labute approximate surface area is 125 Å². The van der Waals surface area contributed by atoms with E-state index in [-0.39, 0.29) is 5.56 Å². The van der Waals surface area contributed by atoms with Gasteiger partial charge in [-0.15, -0.1) is 0 Å². The first-order valence-corrected chi connectivity index (χ1v) is 7.10. The van der Waals surface area contributed by atoms with Gasteiger partial charge in [0, 0.05) is 18.9 Å². The molecule has 1 amide bonds. The number of carboxylic acids is 1. The van der Waals surface area contributed by atoms with Crippen molar-refractivity contribution in [1.82, 2.24) is 14.3 Å². The van der Waals surface area contributed by atoms with E-state index < -0.39 is 23.5 Å². The SMILES string of the molecule is O=C(O)[C@H]1CCCCN1C(=O)c1cnc2ccccn2c1=O. The molecule has 3 heterocycles. The van der Waals surface area contributed by atoms with Crippen LogP contribution in [0.15, 0.2) is 35.4 Å². The van der Waals surface area contributed by atoms with Crippen molar-refractivity contribution in [3.63, 3.8) is 0 Å². The summed E-state index contributed by atoms with van der Waals surface area (Å²) in [6.45, 7) is 0.340. The molecule has 22 heavy (non-hydrogen) atoms. The van der Waals surface area contributed by atoms with Crippen LogP contribution in [0.3, 0.4) is 0 Å². The highest BCUT2D eigenvalue weighted by atomic mass is 16.4. The maximum atomic E-state index is 12.6. The van der Waals surface area contributed by atoms with E-state index in [9.17, 15) is 19.5 Å². The molecule has 7 nitrogen and oxygen atoms in total. The normalized spacial score (nSPS) is 18.4. The number of carbonyl (C=O) groups excluding carboxylic acids is 1. The molecule has 1 aliphatic rings. The van der Waals surface area contributed by atoms with Crippen LogP contribution in [0.2, 0.25) is 0 Å². The Balaban J connectivity index is 2.03. The topological polar surface area (TPSA) is 92.0 Å². The molecule has 0 aliphatic carbocycles. The van der Waals surface area contributed by atoms with E-state index in [1.165, 1.54) is 21.7 Å². The summed E-state index contributed by atoms with van der Waals surface area (Å²) in [5.41, 5.74) is -0.139. The zero-order chi connectivity index (χ0) is 15.7. The number of pyridine rings is 1. The third-order valence-electron chi connectivity index (χ3n) is 3.89. The molecule has 1 saturated heterocycles. The molecule has 0 saturated carbocycles. The van der Waals surface area contributed by atoms with Crippen molar-refractivity contribution in [3.05, 3.63) is 46.5 Å². The molecule has 7 heteroatoms. The van der Waals surface area contributed by atoms with E-state index in [2.05, 4.69) is 4.98 Å². The van der Waals surface area contributed by atoms with E-state index in [1.807, 2.05) is 0 Å². The van der Waals surface area contributed by atoms with E-state index >= 15 is 0 Å². The molecule has 114 valence electrons. The summed E-state index contributed by atoms with van der Waals surface area (Å²) in [6.07, 6.45) is 4.66. The third-order valence-corrected chi connectivity index (χ3v) is 3.89. The molecule has 1 aliphatic heterocycles. The lowest BCUT2D eigenvalue weighted by molar-refractivity contribution is -0.143. The number of carbonyl (C=O) groups is 2.